The Bertz CT molecular complexity index is 713. The maximum Gasteiger partial charge on any atom is 0.337 e. The molecule has 0 spiro atoms. The molecule has 4 nitrogen and oxygen atoms in total. The fraction of sp³-hybridized carbons (Fsp3) is 0.176. The molecular formula is C17H16BrNO3. The van der Waals surface area contributed by atoms with E-state index in [4.69, 9.17) is 0 Å². The summed E-state index contributed by atoms with van der Waals surface area (Å²) < 4.78 is 5.62. The van der Waals surface area contributed by atoms with Gasteiger partial charge >= 0.3 is 5.97 Å². The number of ether oxygens (including phenoxy) is 1. The molecule has 1 N–H and O–H groups in total. The number of methoxy groups -OCH3 is 1. The Kier molecular flexibility index (Phi) is 5.33. The molecule has 0 atom stereocenters. The molecule has 0 aliphatic carbocycles. The molecule has 2 rings (SSSR count). The van der Waals surface area contributed by atoms with Gasteiger partial charge in [-0.15, -0.1) is 0 Å². The van der Waals surface area contributed by atoms with Crippen LogP contribution in [-0.4, -0.2) is 19.0 Å². The summed E-state index contributed by atoms with van der Waals surface area (Å²) in [6, 6.07) is 12.7. The van der Waals surface area contributed by atoms with Crippen molar-refractivity contribution in [2.75, 3.05) is 12.4 Å². The SMILES string of the molecule is COC(=O)c1ccc(C)c(NC(=O)Cc2cccc(Br)c2)c1. The molecule has 1 amide bonds. The van der Waals surface area contributed by atoms with E-state index in [1.54, 1.807) is 18.2 Å². The number of carbonyl (C=O) groups is 2. The molecule has 0 aromatic heterocycles. The van der Waals surface area contributed by atoms with Gasteiger partial charge < -0.3 is 10.1 Å². The number of carbonyl (C=O) groups excluding carboxylic acids is 2. The summed E-state index contributed by atoms with van der Waals surface area (Å²) in [5.41, 5.74) is 2.82. The van der Waals surface area contributed by atoms with E-state index in [9.17, 15) is 9.59 Å². The van der Waals surface area contributed by atoms with Crippen molar-refractivity contribution in [3.8, 4) is 0 Å². The number of amides is 1. The average Bonchev–Trinajstić information content (AvgIpc) is 2.48. The summed E-state index contributed by atoms with van der Waals surface area (Å²) in [6.45, 7) is 1.87. The van der Waals surface area contributed by atoms with E-state index in [2.05, 4.69) is 26.0 Å². The van der Waals surface area contributed by atoms with Gasteiger partial charge in [0.25, 0.3) is 0 Å². The number of hydrogen-bond donors (Lipinski definition) is 1. The highest BCUT2D eigenvalue weighted by Crippen LogP contribution is 2.18. The lowest BCUT2D eigenvalue weighted by molar-refractivity contribution is -0.115. The third-order valence-electron chi connectivity index (χ3n) is 3.19. The van der Waals surface area contributed by atoms with Crippen LogP contribution < -0.4 is 5.32 Å². The largest absolute Gasteiger partial charge is 0.465 e. The normalized spacial score (nSPS) is 10.1. The molecule has 0 heterocycles. The Hall–Kier alpha value is -2.14. The van der Waals surface area contributed by atoms with Crippen LogP contribution in [0.4, 0.5) is 5.69 Å². The number of benzene rings is 2. The van der Waals surface area contributed by atoms with Crippen LogP contribution >= 0.6 is 15.9 Å². The Morgan fingerprint density at radius 3 is 2.64 bits per heavy atom. The summed E-state index contributed by atoms with van der Waals surface area (Å²) in [4.78, 5) is 23.7. The Morgan fingerprint density at radius 2 is 1.95 bits per heavy atom. The zero-order valence-electron chi connectivity index (χ0n) is 12.4. The van der Waals surface area contributed by atoms with Crippen molar-refractivity contribution >= 4 is 33.5 Å². The van der Waals surface area contributed by atoms with Crippen LogP contribution in [0.25, 0.3) is 0 Å². The molecule has 0 bridgehead atoms. The summed E-state index contributed by atoms with van der Waals surface area (Å²) >= 11 is 3.38. The fourth-order valence-corrected chi connectivity index (χ4v) is 2.47. The number of aryl methyl sites for hydroxylation is 1. The fourth-order valence-electron chi connectivity index (χ4n) is 2.03. The van der Waals surface area contributed by atoms with Crippen LogP contribution in [-0.2, 0) is 16.0 Å². The van der Waals surface area contributed by atoms with E-state index >= 15 is 0 Å². The predicted octanol–water partition coefficient (Wildman–Crippen LogP) is 3.73. The van der Waals surface area contributed by atoms with E-state index in [1.807, 2.05) is 31.2 Å². The lowest BCUT2D eigenvalue weighted by Gasteiger charge is -2.10. The molecule has 0 saturated heterocycles. The van der Waals surface area contributed by atoms with Gasteiger partial charge in [-0.2, -0.15) is 0 Å². The van der Waals surface area contributed by atoms with Crippen molar-refractivity contribution in [1.82, 2.24) is 0 Å². The van der Waals surface area contributed by atoms with E-state index in [0.29, 0.717) is 11.3 Å². The minimum absolute atomic E-state index is 0.136. The average molecular weight is 362 g/mol. The quantitative estimate of drug-likeness (QED) is 0.844. The molecule has 5 heteroatoms. The molecule has 2 aromatic rings. The standard InChI is InChI=1S/C17H16BrNO3/c1-11-6-7-13(17(21)22-2)10-15(11)19-16(20)9-12-4-3-5-14(18)8-12/h3-8,10H,9H2,1-2H3,(H,19,20). The van der Waals surface area contributed by atoms with Crippen molar-refractivity contribution in [3.05, 3.63) is 63.6 Å². The minimum atomic E-state index is -0.428. The maximum absolute atomic E-state index is 12.2. The number of anilines is 1. The minimum Gasteiger partial charge on any atom is -0.465 e. The van der Waals surface area contributed by atoms with Crippen molar-refractivity contribution < 1.29 is 14.3 Å². The van der Waals surface area contributed by atoms with Gasteiger partial charge in [0.2, 0.25) is 5.91 Å². The van der Waals surface area contributed by atoms with Crippen LogP contribution in [0, 0.1) is 6.92 Å². The molecule has 2 aromatic carbocycles. The molecule has 0 fully saturated rings. The number of nitrogens with one attached hydrogen (secondary N) is 1. The zero-order chi connectivity index (χ0) is 16.1. The van der Waals surface area contributed by atoms with Gasteiger partial charge in [0.05, 0.1) is 19.1 Å². The smallest absolute Gasteiger partial charge is 0.337 e. The van der Waals surface area contributed by atoms with Crippen molar-refractivity contribution in [2.24, 2.45) is 0 Å². The number of halogens is 1. The van der Waals surface area contributed by atoms with Crippen LogP contribution in [0.3, 0.4) is 0 Å². The van der Waals surface area contributed by atoms with Gasteiger partial charge in [-0.3, -0.25) is 4.79 Å². The van der Waals surface area contributed by atoms with E-state index in [-0.39, 0.29) is 12.3 Å². The van der Waals surface area contributed by atoms with Gasteiger partial charge in [-0.1, -0.05) is 34.1 Å². The number of hydrogen-bond acceptors (Lipinski definition) is 3. The molecule has 0 unspecified atom stereocenters. The van der Waals surface area contributed by atoms with Crippen LogP contribution in [0.2, 0.25) is 0 Å². The van der Waals surface area contributed by atoms with E-state index < -0.39 is 5.97 Å². The van der Waals surface area contributed by atoms with Crippen molar-refractivity contribution in [3.63, 3.8) is 0 Å². The molecule has 0 radical (unpaired) electrons. The summed E-state index contributed by atoms with van der Waals surface area (Å²) in [7, 11) is 1.33. The second-order valence-electron chi connectivity index (χ2n) is 4.88. The predicted molar refractivity (Wildman–Crippen MR) is 89.0 cm³/mol. The van der Waals surface area contributed by atoms with E-state index in [0.717, 1.165) is 15.6 Å². The third kappa shape index (κ3) is 4.18. The highest BCUT2D eigenvalue weighted by molar-refractivity contribution is 9.10. The second-order valence-corrected chi connectivity index (χ2v) is 5.79. The summed E-state index contributed by atoms with van der Waals surface area (Å²) in [5.74, 6) is -0.564. The molecule has 0 saturated carbocycles. The summed E-state index contributed by atoms with van der Waals surface area (Å²) in [6.07, 6.45) is 0.265. The first-order valence-corrected chi connectivity index (χ1v) is 7.52. The molecule has 0 aliphatic rings. The first-order valence-electron chi connectivity index (χ1n) is 6.73. The summed E-state index contributed by atoms with van der Waals surface area (Å²) in [5, 5.41) is 2.84. The van der Waals surface area contributed by atoms with Crippen molar-refractivity contribution in [1.29, 1.82) is 0 Å². The molecule has 114 valence electrons. The monoisotopic (exact) mass is 361 g/mol. The second kappa shape index (κ2) is 7.22. The van der Waals surface area contributed by atoms with Crippen LogP contribution in [0.1, 0.15) is 21.5 Å². The third-order valence-corrected chi connectivity index (χ3v) is 3.68. The zero-order valence-corrected chi connectivity index (χ0v) is 13.9. The van der Waals surface area contributed by atoms with Gasteiger partial charge in [0.1, 0.15) is 0 Å². The Labute approximate surface area is 137 Å². The van der Waals surface area contributed by atoms with Gasteiger partial charge in [0.15, 0.2) is 0 Å². The molecule has 22 heavy (non-hydrogen) atoms. The van der Waals surface area contributed by atoms with E-state index in [1.165, 1.54) is 7.11 Å². The molecular weight excluding hydrogens is 346 g/mol. The Morgan fingerprint density at radius 1 is 1.18 bits per heavy atom. The van der Waals surface area contributed by atoms with Crippen LogP contribution in [0.5, 0.6) is 0 Å². The highest BCUT2D eigenvalue weighted by atomic mass is 79.9. The van der Waals surface area contributed by atoms with Gasteiger partial charge in [-0.25, -0.2) is 4.79 Å². The highest BCUT2D eigenvalue weighted by Gasteiger charge is 2.11. The number of rotatable bonds is 4. The van der Waals surface area contributed by atoms with Crippen molar-refractivity contribution in [2.45, 2.75) is 13.3 Å². The van der Waals surface area contributed by atoms with Crippen LogP contribution in [0.15, 0.2) is 46.9 Å². The Balaban J connectivity index is 2.12. The molecule has 0 aliphatic heterocycles. The topological polar surface area (TPSA) is 55.4 Å². The first kappa shape index (κ1) is 16.2. The number of esters is 1. The maximum atomic E-state index is 12.2. The first-order chi connectivity index (χ1) is 10.5. The van der Waals surface area contributed by atoms with Gasteiger partial charge in [-0.05, 0) is 42.3 Å². The lowest BCUT2D eigenvalue weighted by atomic mass is 10.1. The van der Waals surface area contributed by atoms with Gasteiger partial charge in [0, 0.05) is 10.2 Å². The lowest BCUT2D eigenvalue weighted by Crippen LogP contribution is -2.15.